The number of methoxy groups -OCH3 is 1. The summed E-state index contributed by atoms with van der Waals surface area (Å²) < 4.78 is 33.6. The molecule has 0 spiro atoms. The largest absolute Gasteiger partial charge is 0.494 e. The second-order valence-electron chi connectivity index (χ2n) is 7.90. The van der Waals surface area contributed by atoms with Crippen molar-refractivity contribution in [3.63, 3.8) is 0 Å². The lowest BCUT2D eigenvalue weighted by Crippen LogP contribution is -2.26. The number of anilines is 4. The van der Waals surface area contributed by atoms with E-state index in [-0.39, 0.29) is 46.5 Å². The molecule has 4 rings (SSSR count). The monoisotopic (exact) mass is 522 g/mol. The number of hydrogen-bond acceptors (Lipinski definition) is 10. The van der Waals surface area contributed by atoms with E-state index in [1.807, 2.05) is 6.92 Å². The van der Waals surface area contributed by atoms with E-state index >= 15 is 0 Å². The summed E-state index contributed by atoms with van der Waals surface area (Å²) in [5, 5.41) is 6.08. The Morgan fingerprint density at radius 1 is 0.974 bits per heavy atom. The first kappa shape index (κ1) is 26.3. The number of nitrogens with one attached hydrogen (secondary N) is 3. The molecule has 0 aliphatic rings. The number of benzene rings is 1. The first-order valence-corrected chi connectivity index (χ1v) is 11.4. The fourth-order valence-electron chi connectivity index (χ4n) is 3.65. The van der Waals surface area contributed by atoms with E-state index in [2.05, 4.69) is 41.0 Å². The summed E-state index contributed by atoms with van der Waals surface area (Å²) in [6.07, 6.45) is 3.39. The van der Waals surface area contributed by atoms with Gasteiger partial charge in [0.05, 0.1) is 43.0 Å². The summed E-state index contributed by atoms with van der Waals surface area (Å²) in [5.74, 6) is -0.582. The van der Waals surface area contributed by atoms with Crippen molar-refractivity contribution in [1.82, 2.24) is 30.4 Å². The third kappa shape index (κ3) is 5.95. The fraction of sp³-hybridized carbons (Fsp3) is 0.200. The van der Waals surface area contributed by atoms with Gasteiger partial charge in [-0.05, 0) is 32.9 Å². The molecule has 0 bridgehead atoms. The summed E-state index contributed by atoms with van der Waals surface area (Å²) in [6, 6.07) is 5.57. The second kappa shape index (κ2) is 11.5. The van der Waals surface area contributed by atoms with Crippen molar-refractivity contribution < 1.29 is 23.1 Å². The molecule has 196 valence electrons. The Hall–Kier alpha value is -4.78. The van der Waals surface area contributed by atoms with Crippen molar-refractivity contribution in [2.45, 2.75) is 20.8 Å². The van der Waals surface area contributed by atoms with Crippen LogP contribution >= 0.6 is 0 Å². The number of aromatic nitrogens is 5. The highest BCUT2D eigenvalue weighted by Crippen LogP contribution is 2.39. The van der Waals surface area contributed by atoms with E-state index in [1.165, 1.54) is 31.5 Å². The molecule has 0 saturated heterocycles. The number of carbonyl (C=O) groups is 1. The Bertz CT molecular complexity index is 1450. The maximum absolute atomic E-state index is 14.7. The number of rotatable bonds is 9. The zero-order chi connectivity index (χ0) is 27.2. The quantitative estimate of drug-likeness (QED) is 0.271. The van der Waals surface area contributed by atoms with Crippen LogP contribution in [0.2, 0.25) is 0 Å². The van der Waals surface area contributed by atoms with Gasteiger partial charge < -0.3 is 15.4 Å². The Morgan fingerprint density at radius 2 is 1.74 bits per heavy atom. The van der Waals surface area contributed by atoms with Gasteiger partial charge in [-0.3, -0.25) is 9.63 Å². The van der Waals surface area contributed by atoms with Crippen LogP contribution in [-0.2, 0) is 4.84 Å². The molecule has 11 nitrogen and oxygen atoms in total. The Labute approximate surface area is 216 Å². The van der Waals surface area contributed by atoms with E-state index in [9.17, 15) is 13.6 Å². The van der Waals surface area contributed by atoms with Crippen LogP contribution in [-0.4, -0.2) is 44.5 Å². The van der Waals surface area contributed by atoms with Crippen LogP contribution in [0.3, 0.4) is 0 Å². The van der Waals surface area contributed by atoms with Gasteiger partial charge in [-0.25, -0.2) is 39.2 Å². The van der Waals surface area contributed by atoms with Gasteiger partial charge in [-0.1, -0.05) is 0 Å². The number of amides is 1. The molecular formula is C25H24F2N8O3. The molecule has 3 aromatic heterocycles. The summed E-state index contributed by atoms with van der Waals surface area (Å²) in [4.78, 5) is 39.0. The molecular weight excluding hydrogens is 498 g/mol. The molecule has 4 aromatic rings. The van der Waals surface area contributed by atoms with E-state index in [0.29, 0.717) is 11.6 Å². The van der Waals surface area contributed by atoms with E-state index in [1.54, 1.807) is 19.9 Å². The van der Waals surface area contributed by atoms with Crippen molar-refractivity contribution >= 4 is 28.9 Å². The van der Waals surface area contributed by atoms with Crippen molar-refractivity contribution in [1.29, 1.82) is 0 Å². The Balaban J connectivity index is 1.80. The molecule has 0 fully saturated rings. The second-order valence-corrected chi connectivity index (χ2v) is 7.90. The zero-order valence-corrected chi connectivity index (χ0v) is 21.0. The SMILES string of the molecule is CCONC(=O)c1c(Nc2cc(F)cc(-c3ncc(F)cn3)c2OC)ccnc1Nc1cc(C)nc(C)n1. The Morgan fingerprint density at radius 3 is 2.42 bits per heavy atom. The van der Waals surface area contributed by atoms with Gasteiger partial charge in [0.15, 0.2) is 17.4 Å². The van der Waals surface area contributed by atoms with Crippen LogP contribution in [0.25, 0.3) is 11.4 Å². The number of carbonyl (C=O) groups excluding carboxylic acids is 1. The topological polar surface area (TPSA) is 136 Å². The normalized spacial score (nSPS) is 10.7. The minimum Gasteiger partial charge on any atom is -0.494 e. The van der Waals surface area contributed by atoms with E-state index in [4.69, 9.17) is 9.57 Å². The number of hydroxylamine groups is 1. The van der Waals surface area contributed by atoms with Crippen LogP contribution in [0, 0.1) is 25.5 Å². The van der Waals surface area contributed by atoms with Crippen LogP contribution in [0.1, 0.15) is 28.8 Å². The summed E-state index contributed by atoms with van der Waals surface area (Å²) in [5.41, 5.74) is 3.71. The summed E-state index contributed by atoms with van der Waals surface area (Å²) in [7, 11) is 1.38. The summed E-state index contributed by atoms with van der Waals surface area (Å²) in [6.45, 7) is 5.49. The van der Waals surface area contributed by atoms with Gasteiger partial charge in [0.2, 0.25) is 0 Å². The van der Waals surface area contributed by atoms with Crippen molar-refractivity contribution in [2.75, 3.05) is 24.4 Å². The highest BCUT2D eigenvalue weighted by Gasteiger charge is 2.22. The molecule has 0 aliphatic carbocycles. The predicted molar refractivity (Wildman–Crippen MR) is 135 cm³/mol. The van der Waals surface area contributed by atoms with Crippen LogP contribution < -0.4 is 20.9 Å². The maximum Gasteiger partial charge on any atom is 0.280 e. The minimum atomic E-state index is -0.643. The minimum absolute atomic E-state index is 0.0479. The van der Waals surface area contributed by atoms with Crippen molar-refractivity contribution in [3.8, 4) is 17.1 Å². The number of ether oxygens (including phenoxy) is 1. The highest BCUT2D eigenvalue weighted by molar-refractivity contribution is 6.05. The molecule has 3 heterocycles. The fourth-order valence-corrected chi connectivity index (χ4v) is 3.65. The third-order valence-corrected chi connectivity index (χ3v) is 5.09. The van der Waals surface area contributed by atoms with Crippen LogP contribution in [0.5, 0.6) is 5.75 Å². The average molecular weight is 523 g/mol. The lowest BCUT2D eigenvalue weighted by molar-refractivity contribution is 0.0366. The molecule has 13 heteroatoms. The third-order valence-electron chi connectivity index (χ3n) is 5.09. The predicted octanol–water partition coefficient (Wildman–Crippen LogP) is 4.40. The molecule has 0 radical (unpaired) electrons. The van der Waals surface area contributed by atoms with Gasteiger partial charge in [0.25, 0.3) is 5.91 Å². The molecule has 38 heavy (non-hydrogen) atoms. The molecule has 3 N–H and O–H groups in total. The molecule has 0 unspecified atom stereocenters. The maximum atomic E-state index is 14.7. The number of halogens is 2. The molecule has 0 aliphatic heterocycles. The van der Waals surface area contributed by atoms with Gasteiger partial charge in [0.1, 0.15) is 28.8 Å². The molecule has 0 saturated carbocycles. The zero-order valence-electron chi connectivity index (χ0n) is 21.0. The lowest BCUT2D eigenvalue weighted by Gasteiger charge is -2.19. The van der Waals surface area contributed by atoms with Gasteiger partial charge in [-0.15, -0.1) is 0 Å². The summed E-state index contributed by atoms with van der Waals surface area (Å²) >= 11 is 0. The highest BCUT2D eigenvalue weighted by atomic mass is 19.1. The first-order chi connectivity index (χ1) is 18.3. The first-order valence-electron chi connectivity index (χ1n) is 11.4. The van der Waals surface area contributed by atoms with E-state index in [0.717, 1.165) is 18.1 Å². The lowest BCUT2D eigenvalue weighted by atomic mass is 10.1. The van der Waals surface area contributed by atoms with Crippen LogP contribution in [0.15, 0.2) is 42.9 Å². The molecule has 1 amide bonds. The Kier molecular flexibility index (Phi) is 7.97. The van der Waals surface area contributed by atoms with Crippen molar-refractivity contribution in [2.24, 2.45) is 0 Å². The van der Waals surface area contributed by atoms with Crippen LogP contribution in [0.4, 0.5) is 31.8 Å². The number of hydrogen-bond donors (Lipinski definition) is 3. The number of aryl methyl sites for hydroxylation is 2. The number of nitrogens with zero attached hydrogens (tertiary/aromatic N) is 5. The number of pyridine rings is 1. The standard InChI is InChI=1S/C25H24F2N8O3/c1-5-38-35-25(36)21-18(6-7-28-24(21)34-20-8-13(2)31-14(3)32-20)33-19-10-15(26)9-17(22(19)37-4)23-29-11-16(27)12-30-23/h6-12H,5H2,1-4H3,(H,35,36)(H2,28,31,32,33,34). The van der Waals surface area contributed by atoms with Gasteiger partial charge in [0, 0.05) is 24.0 Å². The van der Waals surface area contributed by atoms with Gasteiger partial charge in [-0.2, -0.15) is 0 Å². The molecule has 0 atom stereocenters. The van der Waals surface area contributed by atoms with E-state index < -0.39 is 17.5 Å². The molecule has 1 aromatic carbocycles. The van der Waals surface area contributed by atoms with Gasteiger partial charge >= 0.3 is 0 Å². The smallest absolute Gasteiger partial charge is 0.280 e. The average Bonchev–Trinajstić information content (AvgIpc) is 2.87. The van der Waals surface area contributed by atoms with Crippen molar-refractivity contribution in [3.05, 3.63) is 71.6 Å².